The second-order valence-corrected chi connectivity index (χ2v) is 3.95. The van der Waals surface area contributed by atoms with Crippen LogP contribution in [0.4, 0.5) is 0 Å². The number of hydrogen-bond donors (Lipinski definition) is 2. The molecule has 5 nitrogen and oxygen atoms in total. The second kappa shape index (κ2) is 6.76. The monoisotopic (exact) mass is 251 g/mol. The minimum atomic E-state index is -1.16. The van der Waals surface area contributed by atoms with Crippen molar-refractivity contribution in [3.63, 3.8) is 0 Å². The molecule has 1 rings (SSSR count). The summed E-state index contributed by atoms with van der Waals surface area (Å²) in [7, 11) is 1.26. The number of amides is 1. The lowest BCUT2D eigenvalue weighted by molar-refractivity contribution is -0.146. The van der Waals surface area contributed by atoms with Crippen molar-refractivity contribution in [2.45, 2.75) is 25.5 Å². The average Bonchev–Trinajstić information content (AvgIpc) is 2.38. The third kappa shape index (κ3) is 4.18. The number of benzene rings is 1. The fraction of sp³-hybridized carbons (Fsp3) is 0.385. The normalized spacial score (nSPS) is 13.5. The SMILES string of the molecule is COC(=O)[C@H](Cc1ccccc1)NC(=O)[C@H](C)O. The van der Waals surface area contributed by atoms with Crippen LogP contribution in [0.3, 0.4) is 0 Å². The lowest BCUT2D eigenvalue weighted by Gasteiger charge is -2.17. The molecule has 0 aromatic heterocycles. The number of esters is 1. The van der Waals surface area contributed by atoms with E-state index in [4.69, 9.17) is 5.11 Å². The van der Waals surface area contributed by atoms with Crippen molar-refractivity contribution in [3.05, 3.63) is 35.9 Å². The number of carbonyl (C=O) groups is 2. The van der Waals surface area contributed by atoms with Crippen molar-refractivity contribution in [3.8, 4) is 0 Å². The van der Waals surface area contributed by atoms with Crippen LogP contribution in [0.2, 0.25) is 0 Å². The number of rotatable bonds is 5. The Kier molecular flexibility index (Phi) is 5.32. The Morgan fingerprint density at radius 3 is 2.44 bits per heavy atom. The fourth-order valence-corrected chi connectivity index (χ4v) is 1.48. The summed E-state index contributed by atoms with van der Waals surface area (Å²) in [4.78, 5) is 23.0. The zero-order valence-corrected chi connectivity index (χ0v) is 10.4. The van der Waals surface area contributed by atoms with Crippen molar-refractivity contribution >= 4 is 11.9 Å². The molecule has 1 amide bonds. The molecular weight excluding hydrogens is 234 g/mol. The molecule has 1 aromatic rings. The van der Waals surface area contributed by atoms with E-state index in [2.05, 4.69) is 10.1 Å². The molecule has 0 radical (unpaired) electrons. The van der Waals surface area contributed by atoms with E-state index >= 15 is 0 Å². The van der Waals surface area contributed by atoms with Gasteiger partial charge in [-0.15, -0.1) is 0 Å². The number of methoxy groups -OCH3 is 1. The highest BCUT2D eigenvalue weighted by Crippen LogP contribution is 2.04. The quantitative estimate of drug-likeness (QED) is 0.736. The van der Waals surface area contributed by atoms with E-state index in [9.17, 15) is 9.59 Å². The number of aliphatic hydroxyl groups excluding tert-OH is 1. The van der Waals surface area contributed by atoms with Crippen molar-refractivity contribution in [2.75, 3.05) is 7.11 Å². The summed E-state index contributed by atoms with van der Waals surface area (Å²) >= 11 is 0. The van der Waals surface area contributed by atoms with Crippen LogP contribution in [-0.4, -0.2) is 36.2 Å². The van der Waals surface area contributed by atoms with Gasteiger partial charge in [0.15, 0.2) is 0 Å². The van der Waals surface area contributed by atoms with Crippen LogP contribution in [0.5, 0.6) is 0 Å². The lowest BCUT2D eigenvalue weighted by Crippen LogP contribution is -2.46. The number of ether oxygens (including phenoxy) is 1. The molecule has 0 saturated heterocycles. The minimum Gasteiger partial charge on any atom is -0.467 e. The van der Waals surface area contributed by atoms with Crippen LogP contribution >= 0.6 is 0 Å². The summed E-state index contributed by atoms with van der Waals surface area (Å²) in [6.45, 7) is 1.34. The first-order valence-corrected chi connectivity index (χ1v) is 5.64. The molecule has 0 aliphatic rings. The van der Waals surface area contributed by atoms with Gasteiger partial charge >= 0.3 is 5.97 Å². The molecule has 1 aromatic carbocycles. The minimum absolute atomic E-state index is 0.325. The molecule has 0 aliphatic heterocycles. The van der Waals surface area contributed by atoms with Crippen LogP contribution in [-0.2, 0) is 20.7 Å². The fourth-order valence-electron chi connectivity index (χ4n) is 1.48. The van der Waals surface area contributed by atoms with Crippen LogP contribution in [0.25, 0.3) is 0 Å². The average molecular weight is 251 g/mol. The van der Waals surface area contributed by atoms with Crippen molar-refractivity contribution < 1.29 is 19.4 Å². The summed E-state index contributed by atoms with van der Waals surface area (Å²) in [5.74, 6) is -1.13. The molecule has 2 atom stereocenters. The molecule has 0 fully saturated rings. The van der Waals surface area contributed by atoms with Crippen LogP contribution < -0.4 is 5.32 Å². The topological polar surface area (TPSA) is 75.6 Å². The molecule has 0 bridgehead atoms. The number of carbonyl (C=O) groups excluding carboxylic acids is 2. The lowest BCUT2D eigenvalue weighted by atomic mass is 10.1. The highest BCUT2D eigenvalue weighted by atomic mass is 16.5. The third-order valence-electron chi connectivity index (χ3n) is 2.46. The maximum Gasteiger partial charge on any atom is 0.328 e. The Morgan fingerprint density at radius 1 is 1.33 bits per heavy atom. The summed E-state index contributed by atoms with van der Waals surface area (Å²) in [5, 5.41) is 11.6. The van der Waals surface area contributed by atoms with Gasteiger partial charge in [0.05, 0.1) is 7.11 Å². The van der Waals surface area contributed by atoms with Gasteiger partial charge in [0.25, 0.3) is 0 Å². The van der Waals surface area contributed by atoms with E-state index in [1.54, 1.807) is 0 Å². The van der Waals surface area contributed by atoms with Crippen LogP contribution in [0.15, 0.2) is 30.3 Å². The molecular formula is C13H17NO4. The van der Waals surface area contributed by atoms with Crippen molar-refractivity contribution in [1.29, 1.82) is 0 Å². The van der Waals surface area contributed by atoms with Crippen molar-refractivity contribution in [1.82, 2.24) is 5.32 Å². The molecule has 0 heterocycles. The van der Waals surface area contributed by atoms with Crippen LogP contribution in [0, 0.1) is 0 Å². The number of hydrogen-bond acceptors (Lipinski definition) is 4. The molecule has 0 saturated carbocycles. The van der Waals surface area contributed by atoms with Gasteiger partial charge in [0.2, 0.25) is 5.91 Å². The highest BCUT2D eigenvalue weighted by molar-refractivity contribution is 5.86. The predicted octanol–water partition coefficient (Wildman–Crippen LogP) is 0.268. The highest BCUT2D eigenvalue weighted by Gasteiger charge is 2.23. The Hall–Kier alpha value is -1.88. The molecule has 2 N–H and O–H groups in total. The van der Waals surface area contributed by atoms with Gasteiger partial charge in [-0.25, -0.2) is 4.79 Å². The predicted molar refractivity (Wildman–Crippen MR) is 65.8 cm³/mol. The first kappa shape index (κ1) is 14.2. The van der Waals surface area contributed by atoms with Gasteiger partial charge in [-0.05, 0) is 12.5 Å². The van der Waals surface area contributed by atoms with E-state index in [0.717, 1.165) is 5.56 Å². The number of aliphatic hydroxyl groups is 1. The summed E-state index contributed by atoms with van der Waals surface area (Å²) in [6, 6.07) is 8.47. The first-order valence-electron chi connectivity index (χ1n) is 5.64. The number of nitrogens with one attached hydrogen (secondary N) is 1. The van der Waals surface area contributed by atoms with Crippen LogP contribution in [0.1, 0.15) is 12.5 Å². The van der Waals surface area contributed by atoms with E-state index in [0.29, 0.717) is 6.42 Å². The van der Waals surface area contributed by atoms with Gasteiger partial charge < -0.3 is 15.2 Å². The second-order valence-electron chi connectivity index (χ2n) is 3.95. The summed E-state index contributed by atoms with van der Waals surface area (Å²) in [5.41, 5.74) is 0.902. The zero-order valence-electron chi connectivity index (χ0n) is 10.4. The molecule has 18 heavy (non-hydrogen) atoms. The van der Waals surface area contributed by atoms with Gasteiger partial charge in [0.1, 0.15) is 12.1 Å². The smallest absolute Gasteiger partial charge is 0.328 e. The third-order valence-corrected chi connectivity index (χ3v) is 2.46. The standard InChI is InChI=1S/C13H17NO4/c1-9(15)12(16)14-11(13(17)18-2)8-10-6-4-3-5-7-10/h3-7,9,11,15H,8H2,1-2H3,(H,14,16)/t9-,11-/m0/s1. The zero-order chi connectivity index (χ0) is 13.5. The Morgan fingerprint density at radius 2 is 1.94 bits per heavy atom. The van der Waals surface area contributed by atoms with E-state index < -0.39 is 24.0 Å². The largest absolute Gasteiger partial charge is 0.467 e. The summed E-state index contributed by atoms with van der Waals surface area (Å²) in [6.07, 6.45) is -0.834. The Balaban J connectivity index is 2.73. The molecule has 0 aliphatic carbocycles. The molecule has 0 spiro atoms. The van der Waals surface area contributed by atoms with E-state index in [1.807, 2.05) is 30.3 Å². The summed E-state index contributed by atoms with van der Waals surface area (Å²) < 4.78 is 4.63. The maximum absolute atomic E-state index is 11.6. The maximum atomic E-state index is 11.6. The van der Waals surface area contributed by atoms with E-state index in [1.165, 1.54) is 14.0 Å². The van der Waals surface area contributed by atoms with Gasteiger partial charge in [0, 0.05) is 6.42 Å². The Labute approximate surface area is 106 Å². The van der Waals surface area contributed by atoms with Gasteiger partial charge in [-0.3, -0.25) is 4.79 Å². The van der Waals surface area contributed by atoms with Crippen molar-refractivity contribution in [2.24, 2.45) is 0 Å². The van der Waals surface area contributed by atoms with E-state index in [-0.39, 0.29) is 0 Å². The Bertz CT molecular complexity index is 403. The van der Waals surface area contributed by atoms with Gasteiger partial charge in [-0.1, -0.05) is 30.3 Å². The first-order chi connectivity index (χ1) is 8.54. The molecule has 0 unspecified atom stereocenters. The molecule has 5 heteroatoms. The molecule has 98 valence electrons. The van der Waals surface area contributed by atoms with Gasteiger partial charge in [-0.2, -0.15) is 0 Å².